The van der Waals surface area contributed by atoms with E-state index in [9.17, 15) is 9.90 Å². The zero-order valence-corrected chi connectivity index (χ0v) is 15.6. The Morgan fingerprint density at radius 3 is 2.39 bits per heavy atom. The van der Waals surface area contributed by atoms with Crippen LogP contribution in [0.4, 0.5) is 0 Å². The molecule has 0 aliphatic heterocycles. The summed E-state index contributed by atoms with van der Waals surface area (Å²) < 4.78 is 5.58. The predicted octanol–water partition coefficient (Wildman–Crippen LogP) is 5.88. The Kier molecular flexibility index (Phi) is 4.81. The van der Waals surface area contributed by atoms with E-state index in [4.69, 9.17) is 4.74 Å². The van der Waals surface area contributed by atoms with Crippen molar-refractivity contribution in [2.75, 3.05) is 0 Å². The van der Waals surface area contributed by atoms with Crippen LogP contribution in [0, 0.1) is 6.92 Å². The minimum Gasteiger partial charge on any atom is -0.508 e. The van der Waals surface area contributed by atoms with Crippen LogP contribution in [0.1, 0.15) is 21.5 Å². The predicted molar refractivity (Wildman–Crippen MR) is 111 cm³/mol. The third kappa shape index (κ3) is 3.47. The molecule has 0 saturated heterocycles. The van der Waals surface area contributed by atoms with Gasteiger partial charge in [0.05, 0.1) is 5.56 Å². The van der Waals surface area contributed by atoms with Crippen molar-refractivity contribution in [1.29, 1.82) is 0 Å². The summed E-state index contributed by atoms with van der Waals surface area (Å²) in [6.07, 6.45) is 0. The van der Waals surface area contributed by atoms with Crippen LogP contribution in [-0.2, 0) is 11.3 Å². The number of benzene rings is 4. The molecule has 4 rings (SSSR count). The van der Waals surface area contributed by atoms with Crippen molar-refractivity contribution in [2.45, 2.75) is 13.5 Å². The lowest BCUT2D eigenvalue weighted by atomic mass is 9.93. The van der Waals surface area contributed by atoms with Crippen LogP contribution < -0.4 is 0 Å². The number of rotatable bonds is 4. The van der Waals surface area contributed by atoms with Crippen LogP contribution in [0.2, 0.25) is 0 Å². The van der Waals surface area contributed by atoms with E-state index in [-0.39, 0.29) is 18.3 Å². The van der Waals surface area contributed by atoms with Gasteiger partial charge in [-0.15, -0.1) is 0 Å². The minimum absolute atomic E-state index is 0.233. The lowest BCUT2D eigenvalue weighted by Crippen LogP contribution is -2.06. The minimum atomic E-state index is -0.350. The van der Waals surface area contributed by atoms with E-state index in [0.717, 1.165) is 33.0 Å². The molecular weight excluding hydrogens is 348 g/mol. The quantitative estimate of drug-likeness (QED) is 0.458. The number of hydrogen-bond acceptors (Lipinski definition) is 3. The van der Waals surface area contributed by atoms with Gasteiger partial charge in [0.15, 0.2) is 0 Å². The zero-order chi connectivity index (χ0) is 19.5. The van der Waals surface area contributed by atoms with E-state index in [0.29, 0.717) is 5.56 Å². The second-order valence-corrected chi connectivity index (χ2v) is 6.77. The maximum Gasteiger partial charge on any atom is 0.339 e. The number of aryl methyl sites for hydroxylation is 1. The van der Waals surface area contributed by atoms with Crippen molar-refractivity contribution in [1.82, 2.24) is 0 Å². The maximum atomic E-state index is 12.9. The van der Waals surface area contributed by atoms with Gasteiger partial charge in [-0.25, -0.2) is 4.79 Å². The van der Waals surface area contributed by atoms with E-state index in [1.807, 2.05) is 79.7 Å². The molecule has 0 spiro atoms. The highest BCUT2D eigenvalue weighted by atomic mass is 16.5. The van der Waals surface area contributed by atoms with Gasteiger partial charge in [-0.1, -0.05) is 66.7 Å². The molecule has 4 aromatic carbocycles. The average molecular weight is 368 g/mol. The van der Waals surface area contributed by atoms with Crippen molar-refractivity contribution in [3.8, 4) is 16.9 Å². The van der Waals surface area contributed by atoms with E-state index < -0.39 is 0 Å². The largest absolute Gasteiger partial charge is 0.508 e. The molecule has 0 aliphatic carbocycles. The summed E-state index contributed by atoms with van der Waals surface area (Å²) >= 11 is 0. The molecule has 0 saturated carbocycles. The molecule has 0 amide bonds. The highest BCUT2D eigenvalue weighted by Gasteiger charge is 2.16. The van der Waals surface area contributed by atoms with Gasteiger partial charge in [-0.2, -0.15) is 0 Å². The number of fused-ring (bicyclic) bond motifs is 1. The number of hydrogen-bond donors (Lipinski definition) is 1. The second-order valence-electron chi connectivity index (χ2n) is 6.77. The molecule has 0 fully saturated rings. The zero-order valence-electron chi connectivity index (χ0n) is 15.6. The summed E-state index contributed by atoms with van der Waals surface area (Å²) in [5.41, 5.74) is 4.16. The standard InChI is InChI=1S/C25H20O3/c1-17-15-20(13-14-23(17)26)21-11-5-9-19-10-6-12-22(24(19)21)25(27)28-16-18-7-3-2-4-8-18/h2-15,26H,16H2,1H3. The van der Waals surface area contributed by atoms with Gasteiger partial charge in [0.2, 0.25) is 0 Å². The molecule has 28 heavy (non-hydrogen) atoms. The molecular formula is C25H20O3. The van der Waals surface area contributed by atoms with Crippen LogP contribution in [0.25, 0.3) is 21.9 Å². The molecule has 4 aromatic rings. The third-order valence-corrected chi connectivity index (χ3v) is 4.85. The fourth-order valence-corrected chi connectivity index (χ4v) is 3.38. The lowest BCUT2D eigenvalue weighted by Gasteiger charge is -2.13. The SMILES string of the molecule is Cc1cc(-c2cccc3cccc(C(=O)OCc4ccccc4)c23)ccc1O. The van der Waals surface area contributed by atoms with Gasteiger partial charge in [-0.3, -0.25) is 0 Å². The Balaban J connectivity index is 1.76. The Morgan fingerprint density at radius 1 is 0.893 bits per heavy atom. The maximum absolute atomic E-state index is 12.9. The molecule has 3 heteroatoms. The molecule has 0 bridgehead atoms. The molecule has 0 aliphatic rings. The van der Waals surface area contributed by atoms with Crippen molar-refractivity contribution >= 4 is 16.7 Å². The Morgan fingerprint density at radius 2 is 1.64 bits per heavy atom. The third-order valence-electron chi connectivity index (χ3n) is 4.85. The molecule has 0 heterocycles. The Bertz CT molecular complexity index is 1140. The van der Waals surface area contributed by atoms with Crippen molar-refractivity contribution < 1.29 is 14.6 Å². The summed E-state index contributed by atoms with van der Waals surface area (Å²) in [7, 11) is 0. The average Bonchev–Trinajstić information content (AvgIpc) is 2.74. The molecule has 0 atom stereocenters. The van der Waals surface area contributed by atoms with Crippen LogP contribution in [0.3, 0.4) is 0 Å². The first-order valence-corrected chi connectivity index (χ1v) is 9.16. The van der Waals surface area contributed by atoms with Gasteiger partial charge < -0.3 is 9.84 Å². The number of ether oxygens (including phenoxy) is 1. The highest BCUT2D eigenvalue weighted by molar-refractivity contribution is 6.10. The van der Waals surface area contributed by atoms with E-state index in [2.05, 4.69) is 0 Å². The first kappa shape index (κ1) is 17.8. The van der Waals surface area contributed by atoms with Crippen LogP contribution in [0.15, 0.2) is 84.9 Å². The summed E-state index contributed by atoms with van der Waals surface area (Å²) in [5.74, 6) is -0.0936. The summed E-state index contributed by atoms with van der Waals surface area (Å²) in [6.45, 7) is 2.09. The van der Waals surface area contributed by atoms with Gasteiger partial charge in [0, 0.05) is 5.39 Å². The molecule has 1 N–H and O–H groups in total. The van der Waals surface area contributed by atoms with E-state index >= 15 is 0 Å². The number of carbonyl (C=O) groups excluding carboxylic acids is 1. The molecule has 0 unspecified atom stereocenters. The van der Waals surface area contributed by atoms with Crippen LogP contribution >= 0.6 is 0 Å². The van der Waals surface area contributed by atoms with E-state index in [1.165, 1.54) is 0 Å². The van der Waals surface area contributed by atoms with Crippen molar-refractivity contribution in [3.63, 3.8) is 0 Å². The van der Waals surface area contributed by atoms with Crippen LogP contribution in [0.5, 0.6) is 5.75 Å². The number of aromatic hydroxyl groups is 1. The Hall–Kier alpha value is -3.59. The van der Waals surface area contributed by atoms with Gasteiger partial charge in [-0.05, 0) is 52.8 Å². The molecule has 0 radical (unpaired) electrons. The summed E-state index contributed by atoms with van der Waals surface area (Å²) in [6, 6.07) is 26.7. The normalized spacial score (nSPS) is 10.8. The first-order chi connectivity index (χ1) is 13.6. The first-order valence-electron chi connectivity index (χ1n) is 9.16. The van der Waals surface area contributed by atoms with Crippen molar-refractivity contribution in [2.24, 2.45) is 0 Å². The fourth-order valence-electron chi connectivity index (χ4n) is 3.38. The van der Waals surface area contributed by atoms with Gasteiger partial charge in [0.25, 0.3) is 0 Å². The van der Waals surface area contributed by atoms with Crippen molar-refractivity contribution in [3.05, 3.63) is 102 Å². The highest BCUT2D eigenvalue weighted by Crippen LogP contribution is 2.33. The lowest BCUT2D eigenvalue weighted by molar-refractivity contribution is 0.0475. The van der Waals surface area contributed by atoms with Gasteiger partial charge in [0.1, 0.15) is 12.4 Å². The topological polar surface area (TPSA) is 46.5 Å². The summed E-state index contributed by atoms with van der Waals surface area (Å²) in [4.78, 5) is 12.9. The second kappa shape index (κ2) is 7.57. The summed E-state index contributed by atoms with van der Waals surface area (Å²) in [5, 5.41) is 11.7. The smallest absolute Gasteiger partial charge is 0.339 e. The number of carbonyl (C=O) groups is 1. The van der Waals surface area contributed by atoms with E-state index in [1.54, 1.807) is 12.1 Å². The number of phenolic OH excluding ortho intramolecular Hbond substituents is 1. The number of esters is 1. The monoisotopic (exact) mass is 368 g/mol. The molecule has 3 nitrogen and oxygen atoms in total. The Labute approximate surface area is 163 Å². The van der Waals surface area contributed by atoms with Gasteiger partial charge >= 0.3 is 5.97 Å². The molecule has 0 aromatic heterocycles. The van der Waals surface area contributed by atoms with Crippen LogP contribution in [-0.4, -0.2) is 11.1 Å². The number of phenols is 1. The molecule has 138 valence electrons. The fraction of sp³-hybridized carbons (Fsp3) is 0.0800.